The fraction of sp³-hybridized carbons (Fsp3) is 0.500. The molecule has 1 heterocycles. The van der Waals surface area contributed by atoms with Gasteiger partial charge in [0.2, 0.25) is 0 Å². The molecule has 0 aliphatic carbocycles. The minimum atomic E-state index is 0.244. The number of thioether (sulfide) groups is 1. The summed E-state index contributed by atoms with van der Waals surface area (Å²) in [6.07, 6.45) is 3.19. The molecule has 0 aromatic carbocycles. The average molecular weight is 187 g/mol. The molecule has 0 fully saturated rings. The van der Waals surface area contributed by atoms with Crippen molar-refractivity contribution in [3.63, 3.8) is 0 Å². The number of hydrogen-bond donors (Lipinski definition) is 1. The fourth-order valence-corrected chi connectivity index (χ4v) is 2.11. The van der Waals surface area contributed by atoms with Crippen LogP contribution >= 0.6 is 23.1 Å². The molecule has 0 amide bonds. The minimum absolute atomic E-state index is 0.244. The SMILES string of the molecule is CSCCC(N)c1ccsc1. The molecule has 1 unspecified atom stereocenters. The molecule has 3 heteroatoms. The van der Waals surface area contributed by atoms with E-state index in [-0.39, 0.29) is 6.04 Å². The van der Waals surface area contributed by atoms with Crippen LogP contribution < -0.4 is 5.73 Å². The van der Waals surface area contributed by atoms with Gasteiger partial charge in [-0.05, 0) is 40.8 Å². The van der Waals surface area contributed by atoms with E-state index in [4.69, 9.17) is 5.73 Å². The van der Waals surface area contributed by atoms with Crippen LogP contribution in [-0.2, 0) is 0 Å². The first-order valence-electron chi connectivity index (χ1n) is 3.61. The zero-order valence-electron chi connectivity index (χ0n) is 6.62. The van der Waals surface area contributed by atoms with Gasteiger partial charge in [0, 0.05) is 6.04 Å². The van der Waals surface area contributed by atoms with Gasteiger partial charge in [-0.25, -0.2) is 0 Å². The highest BCUT2D eigenvalue weighted by molar-refractivity contribution is 7.98. The second-order valence-electron chi connectivity index (χ2n) is 2.44. The van der Waals surface area contributed by atoms with Crippen molar-refractivity contribution < 1.29 is 0 Å². The molecule has 0 aliphatic heterocycles. The lowest BCUT2D eigenvalue weighted by Crippen LogP contribution is -2.09. The maximum absolute atomic E-state index is 5.92. The summed E-state index contributed by atoms with van der Waals surface area (Å²) in [5.41, 5.74) is 7.20. The minimum Gasteiger partial charge on any atom is -0.324 e. The van der Waals surface area contributed by atoms with Crippen molar-refractivity contribution >= 4 is 23.1 Å². The summed E-state index contributed by atoms with van der Waals surface area (Å²) in [5.74, 6) is 1.15. The monoisotopic (exact) mass is 187 g/mol. The van der Waals surface area contributed by atoms with Crippen LogP contribution in [0.15, 0.2) is 16.8 Å². The summed E-state index contributed by atoms with van der Waals surface area (Å²) in [6, 6.07) is 2.35. The molecule has 11 heavy (non-hydrogen) atoms. The van der Waals surface area contributed by atoms with Crippen LogP contribution in [0.4, 0.5) is 0 Å². The van der Waals surface area contributed by atoms with Gasteiger partial charge >= 0.3 is 0 Å². The van der Waals surface area contributed by atoms with Gasteiger partial charge in [-0.15, -0.1) is 0 Å². The lowest BCUT2D eigenvalue weighted by atomic mass is 10.1. The second-order valence-corrected chi connectivity index (χ2v) is 4.21. The first-order valence-corrected chi connectivity index (χ1v) is 5.95. The Bertz CT molecular complexity index is 184. The van der Waals surface area contributed by atoms with E-state index in [1.165, 1.54) is 5.56 Å². The molecule has 1 rings (SSSR count). The van der Waals surface area contributed by atoms with Gasteiger partial charge in [-0.3, -0.25) is 0 Å². The first kappa shape index (κ1) is 9.10. The molecule has 62 valence electrons. The van der Waals surface area contributed by atoms with Gasteiger partial charge in [0.05, 0.1) is 0 Å². The normalized spacial score (nSPS) is 13.3. The number of rotatable bonds is 4. The summed E-state index contributed by atoms with van der Waals surface area (Å²) < 4.78 is 0. The molecular weight excluding hydrogens is 174 g/mol. The summed E-state index contributed by atoms with van der Waals surface area (Å²) >= 11 is 3.57. The molecule has 0 bridgehead atoms. The smallest absolute Gasteiger partial charge is 0.0311 e. The highest BCUT2D eigenvalue weighted by Crippen LogP contribution is 2.18. The molecule has 0 aliphatic rings. The van der Waals surface area contributed by atoms with Crippen molar-refractivity contribution in [1.29, 1.82) is 0 Å². The first-order chi connectivity index (χ1) is 5.34. The van der Waals surface area contributed by atoms with Crippen LogP contribution in [0.3, 0.4) is 0 Å². The quantitative estimate of drug-likeness (QED) is 0.783. The second kappa shape index (κ2) is 4.80. The van der Waals surface area contributed by atoms with Crippen LogP contribution in [0, 0.1) is 0 Å². The predicted octanol–water partition coefficient (Wildman–Crippen LogP) is 2.50. The maximum atomic E-state index is 5.92. The molecule has 1 nitrogen and oxygen atoms in total. The Balaban J connectivity index is 2.36. The Labute approximate surface area is 76.0 Å². The molecule has 1 aromatic rings. The topological polar surface area (TPSA) is 26.0 Å². The Kier molecular flexibility index (Phi) is 3.97. The van der Waals surface area contributed by atoms with Crippen LogP contribution in [0.5, 0.6) is 0 Å². The van der Waals surface area contributed by atoms with E-state index < -0.39 is 0 Å². The largest absolute Gasteiger partial charge is 0.324 e. The zero-order valence-corrected chi connectivity index (χ0v) is 8.25. The Hall–Kier alpha value is 0.01000. The average Bonchev–Trinajstić information content (AvgIpc) is 2.52. The van der Waals surface area contributed by atoms with E-state index in [0.29, 0.717) is 0 Å². The van der Waals surface area contributed by atoms with Gasteiger partial charge in [0.25, 0.3) is 0 Å². The van der Waals surface area contributed by atoms with E-state index in [2.05, 4.69) is 23.1 Å². The van der Waals surface area contributed by atoms with E-state index >= 15 is 0 Å². The summed E-state index contributed by atoms with van der Waals surface area (Å²) in [6.45, 7) is 0. The van der Waals surface area contributed by atoms with Crippen molar-refractivity contribution in [3.05, 3.63) is 22.4 Å². The molecule has 0 saturated carbocycles. The van der Waals surface area contributed by atoms with Crippen molar-refractivity contribution in [2.75, 3.05) is 12.0 Å². The lowest BCUT2D eigenvalue weighted by Gasteiger charge is -2.07. The zero-order chi connectivity index (χ0) is 8.10. The predicted molar refractivity (Wildman–Crippen MR) is 54.2 cm³/mol. The molecule has 0 spiro atoms. The van der Waals surface area contributed by atoms with E-state index in [9.17, 15) is 0 Å². The summed E-state index contributed by atoms with van der Waals surface area (Å²) in [5, 5.41) is 4.21. The van der Waals surface area contributed by atoms with Crippen LogP contribution in [0.2, 0.25) is 0 Å². The molecule has 1 atom stereocenters. The van der Waals surface area contributed by atoms with Crippen LogP contribution in [0.1, 0.15) is 18.0 Å². The van der Waals surface area contributed by atoms with E-state index in [0.717, 1.165) is 12.2 Å². The number of nitrogens with two attached hydrogens (primary N) is 1. The van der Waals surface area contributed by atoms with Gasteiger partial charge < -0.3 is 5.73 Å². The molecule has 0 saturated heterocycles. The Morgan fingerprint density at radius 2 is 2.55 bits per heavy atom. The van der Waals surface area contributed by atoms with Gasteiger partial charge in [-0.2, -0.15) is 23.1 Å². The van der Waals surface area contributed by atoms with Crippen molar-refractivity contribution in [2.45, 2.75) is 12.5 Å². The van der Waals surface area contributed by atoms with Crippen molar-refractivity contribution in [3.8, 4) is 0 Å². The third kappa shape index (κ3) is 2.85. The number of thiophene rings is 1. The third-order valence-corrected chi connectivity index (χ3v) is 2.95. The molecule has 2 N–H and O–H groups in total. The summed E-state index contributed by atoms with van der Waals surface area (Å²) in [7, 11) is 0. The lowest BCUT2D eigenvalue weighted by molar-refractivity contribution is 0.708. The molecular formula is C8H13NS2. The van der Waals surface area contributed by atoms with Gasteiger partial charge in [0.15, 0.2) is 0 Å². The van der Waals surface area contributed by atoms with Crippen molar-refractivity contribution in [1.82, 2.24) is 0 Å². The standard InChI is InChI=1S/C8H13NS2/c1-10-4-3-8(9)7-2-5-11-6-7/h2,5-6,8H,3-4,9H2,1H3. The molecule has 0 radical (unpaired) electrons. The maximum Gasteiger partial charge on any atom is 0.0311 e. The van der Waals surface area contributed by atoms with Gasteiger partial charge in [-0.1, -0.05) is 0 Å². The Morgan fingerprint density at radius 3 is 3.09 bits per heavy atom. The van der Waals surface area contributed by atoms with Crippen LogP contribution in [-0.4, -0.2) is 12.0 Å². The molecule has 1 aromatic heterocycles. The van der Waals surface area contributed by atoms with E-state index in [1.54, 1.807) is 11.3 Å². The Morgan fingerprint density at radius 1 is 1.73 bits per heavy atom. The van der Waals surface area contributed by atoms with Crippen LogP contribution in [0.25, 0.3) is 0 Å². The third-order valence-electron chi connectivity index (χ3n) is 1.60. The highest BCUT2D eigenvalue weighted by atomic mass is 32.2. The summed E-state index contributed by atoms with van der Waals surface area (Å²) in [4.78, 5) is 0. The van der Waals surface area contributed by atoms with Gasteiger partial charge in [0.1, 0.15) is 0 Å². The number of hydrogen-bond acceptors (Lipinski definition) is 3. The van der Waals surface area contributed by atoms with Crippen molar-refractivity contribution in [2.24, 2.45) is 5.73 Å². The van der Waals surface area contributed by atoms with E-state index in [1.807, 2.05) is 11.8 Å². The highest BCUT2D eigenvalue weighted by Gasteiger charge is 2.04. The fourth-order valence-electron chi connectivity index (χ4n) is 0.897.